The minimum Gasteiger partial charge on any atom is -0.379 e. The van der Waals surface area contributed by atoms with E-state index in [1.54, 1.807) is 0 Å². The molecule has 0 aromatic carbocycles. The van der Waals surface area contributed by atoms with Crippen molar-refractivity contribution in [2.45, 2.75) is 83.5 Å². The molecule has 71 heavy (non-hydrogen) atoms. The van der Waals surface area contributed by atoms with Crippen LogP contribution in [0.1, 0.15) is 83.5 Å². The Kier molecular flexibility index (Phi) is 30.5. The first-order valence-electron chi connectivity index (χ1n) is 23.3. The molecule has 0 radical (unpaired) electrons. The molecule has 3 saturated heterocycles. The van der Waals surface area contributed by atoms with Crippen LogP contribution in [0, 0.1) is 17.8 Å². The average Bonchev–Trinajstić information content (AvgIpc) is 3.96. The lowest BCUT2D eigenvalue weighted by Crippen LogP contribution is -2.32. The van der Waals surface area contributed by atoms with Crippen LogP contribution in [0.3, 0.4) is 0 Å². The molecule has 3 rings (SSSR count). The number of imide groups is 3. The van der Waals surface area contributed by atoms with Crippen LogP contribution in [0.2, 0.25) is 0 Å². The minimum atomic E-state index is -0.771. The highest BCUT2D eigenvalue weighted by Gasteiger charge is 2.34. The molecular formula is C45H63N3O23. The van der Waals surface area contributed by atoms with E-state index in [0.29, 0.717) is 21.6 Å². The number of hydrogen-bond acceptors (Lipinski definition) is 23. The topological polar surface area (TPSA) is 308 Å². The number of carbonyl (C=O) groups is 11. The molecule has 0 aliphatic carbocycles. The Bertz CT molecular complexity index is 1730. The number of ketones is 2. The molecule has 3 fully saturated rings. The highest BCUT2D eigenvalue weighted by Crippen LogP contribution is 2.15. The van der Waals surface area contributed by atoms with Crippen LogP contribution >= 0.6 is 0 Å². The van der Waals surface area contributed by atoms with Gasteiger partial charge in [-0.1, -0.05) is 0 Å². The monoisotopic (exact) mass is 1010 g/mol. The number of amides is 6. The molecule has 26 heteroatoms. The van der Waals surface area contributed by atoms with E-state index in [2.05, 4.69) is 11.8 Å². The first-order chi connectivity index (χ1) is 34.3. The van der Waals surface area contributed by atoms with Gasteiger partial charge in [0, 0.05) is 70.7 Å². The van der Waals surface area contributed by atoms with E-state index < -0.39 is 70.8 Å². The van der Waals surface area contributed by atoms with Crippen LogP contribution in [0.25, 0.3) is 0 Å². The first kappa shape index (κ1) is 59.7. The summed E-state index contributed by atoms with van der Waals surface area (Å²) in [7, 11) is 0. The molecule has 396 valence electrons. The molecule has 0 spiro atoms. The normalized spacial score (nSPS) is 14.7. The van der Waals surface area contributed by atoms with Crippen LogP contribution in [0.15, 0.2) is 0 Å². The standard InChI is InChI=1S/C45H63N3O23/c49-35(2-1-16-60-22-28-66-31-25-63-19-13-43(57)69-46-37(51)5-6-38(46)52)3-4-36(50)34(11-17-61-23-29-67-32-26-64-20-14-44(58)70-47-39(53)7-8-40(47)54)12-18-62-24-30-68-33-27-65-21-15-45(59)71-48-41(55)9-10-42(48)56/h34H,1-2,5-33H2. The lowest BCUT2D eigenvalue weighted by Gasteiger charge is -2.14. The van der Waals surface area contributed by atoms with Gasteiger partial charge in [0.25, 0.3) is 35.4 Å². The van der Waals surface area contributed by atoms with Crippen molar-refractivity contribution in [2.24, 2.45) is 5.92 Å². The second-order valence-electron chi connectivity index (χ2n) is 15.3. The summed E-state index contributed by atoms with van der Waals surface area (Å²) in [6.07, 6.45) is 0.549. The van der Waals surface area contributed by atoms with Crippen molar-refractivity contribution in [1.82, 2.24) is 15.2 Å². The summed E-state index contributed by atoms with van der Waals surface area (Å²) >= 11 is 0. The molecule has 0 saturated carbocycles. The fourth-order valence-electron chi connectivity index (χ4n) is 6.00. The summed E-state index contributed by atoms with van der Waals surface area (Å²) in [5, 5.41) is 1.42. The van der Waals surface area contributed by atoms with E-state index >= 15 is 0 Å². The van der Waals surface area contributed by atoms with Crippen molar-refractivity contribution in [2.75, 3.05) is 119 Å². The Morgan fingerprint density at radius 2 is 0.620 bits per heavy atom. The van der Waals surface area contributed by atoms with Gasteiger partial charge in [-0.25, -0.2) is 14.4 Å². The molecule has 3 heterocycles. The van der Waals surface area contributed by atoms with Gasteiger partial charge in [-0.3, -0.25) is 38.4 Å². The number of hydroxylamine groups is 6. The maximum atomic E-state index is 13.1. The van der Waals surface area contributed by atoms with Gasteiger partial charge in [0.1, 0.15) is 0 Å². The second-order valence-corrected chi connectivity index (χ2v) is 15.3. The summed E-state index contributed by atoms with van der Waals surface area (Å²) in [5.41, 5.74) is 0. The molecule has 0 bridgehead atoms. The Morgan fingerprint density at radius 3 is 0.930 bits per heavy atom. The smallest absolute Gasteiger partial charge is 0.335 e. The summed E-state index contributed by atoms with van der Waals surface area (Å²) in [6, 6.07) is 0. The average molecular weight is 1010 g/mol. The largest absolute Gasteiger partial charge is 0.379 e. The summed E-state index contributed by atoms with van der Waals surface area (Å²) in [4.78, 5) is 144. The first-order valence-corrected chi connectivity index (χ1v) is 23.3. The van der Waals surface area contributed by atoms with Gasteiger partial charge >= 0.3 is 17.9 Å². The number of rotatable bonds is 41. The summed E-state index contributed by atoms with van der Waals surface area (Å²) in [5.74, 6) is -2.32. The molecule has 0 atom stereocenters. The molecule has 0 aromatic rings. The van der Waals surface area contributed by atoms with Gasteiger partial charge in [0.2, 0.25) is 11.6 Å². The SMILES string of the molecule is O=C(C#CC(=O)C(CCOCCOCCOCCC(=O)ON1C(=O)CCC1=O)CCOCCOCCOCCC(=O)ON1C(=O)CCC1=O)CCCOCCOCCOCCC(=O)ON1C(=O)CCC1=O. The molecule has 26 nitrogen and oxygen atoms in total. The van der Waals surface area contributed by atoms with Gasteiger partial charge in [-0.2, -0.15) is 0 Å². The summed E-state index contributed by atoms with van der Waals surface area (Å²) in [6.45, 7) is 3.10. The van der Waals surface area contributed by atoms with Gasteiger partial charge in [0.05, 0.1) is 118 Å². The van der Waals surface area contributed by atoms with Gasteiger partial charge in [-0.15, -0.1) is 15.2 Å². The highest BCUT2D eigenvalue weighted by atomic mass is 16.7. The Labute approximate surface area is 409 Å². The number of carbonyl (C=O) groups excluding carboxylic acids is 11. The van der Waals surface area contributed by atoms with Crippen molar-refractivity contribution >= 4 is 64.9 Å². The van der Waals surface area contributed by atoms with E-state index in [0.717, 1.165) is 0 Å². The third-order valence-corrected chi connectivity index (χ3v) is 9.79. The third-order valence-electron chi connectivity index (χ3n) is 9.79. The minimum absolute atomic E-state index is 0.00122. The lowest BCUT2D eigenvalue weighted by atomic mass is 9.97. The van der Waals surface area contributed by atoms with Crippen molar-refractivity contribution in [3.8, 4) is 11.8 Å². The third kappa shape index (κ3) is 26.4. The zero-order valence-electron chi connectivity index (χ0n) is 39.7. The molecule has 0 N–H and O–H groups in total. The van der Waals surface area contributed by atoms with Crippen molar-refractivity contribution in [1.29, 1.82) is 0 Å². The molecule has 3 aliphatic heterocycles. The molecule has 3 aliphatic rings. The Morgan fingerprint density at radius 1 is 0.352 bits per heavy atom. The van der Waals surface area contributed by atoms with Crippen LogP contribution in [-0.2, 0) is 110 Å². The number of nitrogens with zero attached hydrogens (tertiary/aromatic N) is 3. The van der Waals surface area contributed by atoms with E-state index in [-0.39, 0.29) is 196 Å². The van der Waals surface area contributed by atoms with E-state index in [4.69, 9.17) is 57.1 Å². The molecule has 0 aromatic heterocycles. The lowest BCUT2D eigenvalue weighted by molar-refractivity contribution is -0.198. The van der Waals surface area contributed by atoms with Crippen LogP contribution in [-0.4, -0.2) is 199 Å². The van der Waals surface area contributed by atoms with Gasteiger partial charge in [-0.05, 0) is 31.1 Å². The fourth-order valence-corrected chi connectivity index (χ4v) is 6.00. The molecule has 6 amide bonds. The fraction of sp³-hybridized carbons (Fsp3) is 0.711. The second kappa shape index (κ2) is 36.3. The van der Waals surface area contributed by atoms with Crippen LogP contribution < -0.4 is 0 Å². The zero-order chi connectivity index (χ0) is 51.5. The predicted octanol–water partition coefficient (Wildman–Crippen LogP) is -0.554. The molecular weight excluding hydrogens is 950 g/mol. The van der Waals surface area contributed by atoms with Crippen LogP contribution in [0.4, 0.5) is 0 Å². The number of Topliss-reactive ketones (excluding diaryl/α,β-unsaturated/α-hetero) is 2. The zero-order valence-corrected chi connectivity index (χ0v) is 39.7. The number of hydrogen-bond donors (Lipinski definition) is 0. The van der Waals surface area contributed by atoms with Gasteiger partial charge < -0.3 is 57.1 Å². The maximum absolute atomic E-state index is 13.1. The van der Waals surface area contributed by atoms with Crippen LogP contribution in [0.5, 0.6) is 0 Å². The van der Waals surface area contributed by atoms with Gasteiger partial charge in [0.15, 0.2) is 0 Å². The highest BCUT2D eigenvalue weighted by molar-refractivity contribution is 6.05. The maximum Gasteiger partial charge on any atom is 0.335 e. The van der Waals surface area contributed by atoms with Crippen molar-refractivity contribution in [3.63, 3.8) is 0 Å². The molecule has 0 unspecified atom stereocenters. The Hall–Kier alpha value is -5.63. The van der Waals surface area contributed by atoms with Crippen molar-refractivity contribution in [3.05, 3.63) is 0 Å². The number of ether oxygens (including phenoxy) is 9. The van der Waals surface area contributed by atoms with E-state index in [1.807, 2.05) is 0 Å². The van der Waals surface area contributed by atoms with E-state index in [9.17, 15) is 52.7 Å². The van der Waals surface area contributed by atoms with E-state index in [1.165, 1.54) is 0 Å². The Balaban J connectivity index is 1.24. The predicted molar refractivity (Wildman–Crippen MR) is 233 cm³/mol. The van der Waals surface area contributed by atoms with Crippen molar-refractivity contribution < 1.29 is 110 Å². The quantitative estimate of drug-likeness (QED) is 0.0321. The summed E-state index contributed by atoms with van der Waals surface area (Å²) < 4.78 is 49.0.